The molecular formula is C28H32Br2N2O2. The van der Waals surface area contributed by atoms with E-state index in [1.807, 2.05) is 60.7 Å². The van der Waals surface area contributed by atoms with E-state index < -0.39 is 0 Å². The van der Waals surface area contributed by atoms with Crippen LogP contribution in [0.5, 0.6) is 0 Å². The molecule has 6 rings (SSSR count). The van der Waals surface area contributed by atoms with Crippen molar-refractivity contribution >= 4 is 43.7 Å². The van der Waals surface area contributed by atoms with Crippen molar-refractivity contribution in [3.8, 4) is 0 Å². The standard InChI is InChI=1S/2C14H16BrNO/c2*1-14-8-7-12(11(15)9-14)16(14)13(17)10-5-3-2-4-6-10/h2*2-6,11-12H,7-9H2,1H3/t2*11-,12+,14-/m10/s1. The second-order valence-corrected chi connectivity index (χ2v) is 13.1. The number of benzene rings is 2. The van der Waals surface area contributed by atoms with Crippen molar-refractivity contribution < 1.29 is 9.59 Å². The third kappa shape index (κ3) is 4.05. The number of halogens is 2. The van der Waals surface area contributed by atoms with Gasteiger partial charge in [0.15, 0.2) is 0 Å². The van der Waals surface area contributed by atoms with Crippen molar-refractivity contribution in [2.24, 2.45) is 0 Å². The van der Waals surface area contributed by atoms with Crippen molar-refractivity contribution in [2.45, 2.75) is 85.2 Å². The van der Waals surface area contributed by atoms with Crippen LogP contribution in [-0.2, 0) is 0 Å². The molecule has 0 radical (unpaired) electrons. The van der Waals surface area contributed by atoms with Crippen molar-refractivity contribution in [3.63, 3.8) is 0 Å². The Kier molecular flexibility index (Phi) is 6.43. The first-order valence-electron chi connectivity index (χ1n) is 12.3. The van der Waals surface area contributed by atoms with Crippen molar-refractivity contribution in [1.82, 2.24) is 9.80 Å². The maximum atomic E-state index is 12.6. The maximum Gasteiger partial charge on any atom is 0.254 e. The lowest BCUT2D eigenvalue weighted by Gasteiger charge is -2.31. The highest BCUT2D eigenvalue weighted by Gasteiger charge is 2.56. The van der Waals surface area contributed by atoms with Crippen LogP contribution in [0.25, 0.3) is 0 Å². The number of fused-ring (bicyclic) bond motifs is 4. The molecular weight excluding hydrogens is 556 g/mol. The number of alkyl halides is 2. The predicted octanol–water partition coefficient (Wildman–Crippen LogP) is 6.43. The monoisotopic (exact) mass is 586 g/mol. The van der Waals surface area contributed by atoms with Crippen LogP contribution >= 0.6 is 31.9 Å². The van der Waals surface area contributed by atoms with Gasteiger partial charge in [0.05, 0.1) is 0 Å². The van der Waals surface area contributed by atoms with Crippen LogP contribution in [-0.4, -0.2) is 54.4 Å². The Morgan fingerprint density at radius 3 is 1.32 bits per heavy atom. The molecule has 2 aromatic rings. The summed E-state index contributed by atoms with van der Waals surface area (Å²) in [6.45, 7) is 4.43. The smallest absolute Gasteiger partial charge is 0.254 e. The summed E-state index contributed by atoms with van der Waals surface area (Å²) in [5.74, 6) is 0.384. The molecule has 2 aromatic carbocycles. The van der Waals surface area contributed by atoms with Crippen molar-refractivity contribution in [2.75, 3.05) is 0 Å². The molecule has 0 aliphatic carbocycles. The number of nitrogens with zero attached hydrogens (tertiary/aromatic N) is 2. The molecule has 0 unspecified atom stereocenters. The fourth-order valence-corrected chi connectivity index (χ4v) is 9.04. The van der Waals surface area contributed by atoms with E-state index in [9.17, 15) is 9.59 Å². The Labute approximate surface area is 219 Å². The van der Waals surface area contributed by atoms with Gasteiger partial charge in [-0.15, -0.1) is 0 Å². The maximum absolute atomic E-state index is 12.6. The average molecular weight is 588 g/mol. The quantitative estimate of drug-likeness (QED) is 0.380. The second kappa shape index (κ2) is 9.09. The summed E-state index contributed by atoms with van der Waals surface area (Å²) in [5.41, 5.74) is 1.75. The summed E-state index contributed by atoms with van der Waals surface area (Å²) >= 11 is 7.44. The largest absolute Gasteiger partial charge is 0.329 e. The van der Waals surface area contributed by atoms with Crippen LogP contribution in [0.3, 0.4) is 0 Å². The van der Waals surface area contributed by atoms with E-state index in [1.165, 1.54) is 0 Å². The lowest BCUT2D eigenvalue weighted by molar-refractivity contribution is 0.0632. The molecule has 0 spiro atoms. The number of rotatable bonds is 2. The van der Waals surface area contributed by atoms with E-state index in [1.54, 1.807) is 0 Å². The molecule has 0 N–H and O–H groups in total. The molecule has 4 bridgehead atoms. The fraction of sp³-hybridized carbons (Fsp3) is 0.500. The van der Waals surface area contributed by atoms with E-state index >= 15 is 0 Å². The van der Waals surface area contributed by atoms with Gasteiger partial charge in [0.25, 0.3) is 11.8 Å². The molecule has 4 nitrogen and oxygen atoms in total. The van der Waals surface area contributed by atoms with Crippen LogP contribution in [0.2, 0.25) is 0 Å². The first-order valence-corrected chi connectivity index (χ1v) is 14.1. The van der Waals surface area contributed by atoms with Gasteiger partial charge in [-0.3, -0.25) is 9.59 Å². The average Bonchev–Trinajstić information content (AvgIpc) is 3.50. The van der Waals surface area contributed by atoms with Crippen molar-refractivity contribution in [3.05, 3.63) is 71.8 Å². The molecule has 0 saturated carbocycles. The SMILES string of the molecule is C[C@@]12CC[C@@H]([C@H](Br)C1)N2C(=O)c1ccccc1.C[C@]12CC[C@H]([C@@H](Br)C1)N2C(=O)c1ccccc1. The number of carbonyl (C=O) groups excluding carboxylic acids is 2. The second-order valence-electron chi connectivity index (χ2n) is 10.7. The van der Waals surface area contributed by atoms with E-state index in [0.717, 1.165) is 49.7 Å². The summed E-state index contributed by atoms with van der Waals surface area (Å²) in [6, 6.07) is 20.0. The van der Waals surface area contributed by atoms with Gasteiger partial charge in [0.1, 0.15) is 0 Å². The van der Waals surface area contributed by atoms with E-state index in [0.29, 0.717) is 21.7 Å². The van der Waals surface area contributed by atoms with E-state index in [-0.39, 0.29) is 22.9 Å². The predicted molar refractivity (Wildman–Crippen MR) is 143 cm³/mol. The molecule has 4 saturated heterocycles. The third-order valence-electron chi connectivity index (χ3n) is 8.37. The van der Waals surface area contributed by atoms with Crippen molar-refractivity contribution in [1.29, 1.82) is 0 Å². The number of hydrogen-bond acceptors (Lipinski definition) is 2. The summed E-state index contributed by atoms with van der Waals surface area (Å²) in [4.78, 5) is 30.3. The highest BCUT2D eigenvalue weighted by Crippen LogP contribution is 2.50. The zero-order valence-corrected chi connectivity index (χ0v) is 23.0. The Morgan fingerprint density at radius 2 is 1.06 bits per heavy atom. The highest BCUT2D eigenvalue weighted by molar-refractivity contribution is 9.09. The molecule has 4 aliphatic rings. The normalized spacial score (nSPS) is 35.3. The Morgan fingerprint density at radius 1 is 0.706 bits per heavy atom. The summed E-state index contributed by atoms with van der Waals surface area (Å²) in [6.07, 6.45) is 6.69. The Balaban J connectivity index is 0.000000142. The first-order chi connectivity index (χ1) is 16.2. The minimum atomic E-state index is 0.0613. The number of carbonyl (C=O) groups is 2. The van der Waals surface area contributed by atoms with Crippen LogP contribution in [0, 0.1) is 0 Å². The van der Waals surface area contributed by atoms with Gasteiger partial charge in [0.2, 0.25) is 0 Å². The fourth-order valence-electron chi connectivity index (χ4n) is 6.65. The lowest BCUT2D eigenvalue weighted by Crippen LogP contribution is -2.43. The van der Waals surface area contributed by atoms with Gasteiger partial charge < -0.3 is 9.80 Å². The molecule has 4 heterocycles. The minimum absolute atomic E-state index is 0.0613. The molecule has 2 amide bonds. The molecule has 6 heteroatoms. The Bertz CT molecular complexity index is 979. The Hall–Kier alpha value is -1.66. The topological polar surface area (TPSA) is 40.6 Å². The molecule has 180 valence electrons. The molecule has 4 aliphatic heterocycles. The van der Waals surface area contributed by atoms with Gasteiger partial charge in [-0.05, 0) is 76.6 Å². The molecule has 4 fully saturated rings. The zero-order valence-electron chi connectivity index (χ0n) is 19.8. The van der Waals surface area contributed by atoms with Gasteiger partial charge >= 0.3 is 0 Å². The first kappa shape index (κ1) is 24.1. The lowest BCUT2D eigenvalue weighted by atomic mass is 9.89. The third-order valence-corrected chi connectivity index (χ3v) is 10.2. The van der Waals surface area contributed by atoms with Crippen LogP contribution in [0.15, 0.2) is 60.7 Å². The van der Waals surface area contributed by atoms with Gasteiger partial charge in [-0.2, -0.15) is 0 Å². The van der Waals surface area contributed by atoms with Gasteiger partial charge in [-0.1, -0.05) is 68.3 Å². The number of amides is 2. The van der Waals surface area contributed by atoms with E-state index in [4.69, 9.17) is 0 Å². The zero-order chi connectivity index (χ0) is 24.1. The van der Waals surface area contributed by atoms with Crippen LogP contribution in [0.1, 0.15) is 73.1 Å². The summed E-state index contributed by atoms with van der Waals surface area (Å²) < 4.78 is 0. The van der Waals surface area contributed by atoms with Crippen LogP contribution < -0.4 is 0 Å². The highest BCUT2D eigenvalue weighted by atomic mass is 79.9. The number of hydrogen-bond donors (Lipinski definition) is 0. The molecule has 34 heavy (non-hydrogen) atoms. The summed E-state index contributed by atoms with van der Waals surface area (Å²) in [7, 11) is 0. The minimum Gasteiger partial charge on any atom is -0.329 e. The van der Waals surface area contributed by atoms with Gasteiger partial charge in [0, 0.05) is 43.9 Å². The molecule has 6 atom stereocenters. The summed E-state index contributed by atoms with van der Waals surface area (Å²) in [5, 5.41) is 0. The van der Waals surface area contributed by atoms with E-state index in [2.05, 4.69) is 55.5 Å². The molecule has 0 aromatic heterocycles. The van der Waals surface area contributed by atoms with Crippen LogP contribution in [0.4, 0.5) is 0 Å². The van der Waals surface area contributed by atoms with Gasteiger partial charge in [-0.25, -0.2) is 0 Å².